The third-order valence-electron chi connectivity index (χ3n) is 2.16. The van der Waals surface area contributed by atoms with Gasteiger partial charge < -0.3 is 10.1 Å². The maximum atomic E-state index is 5.71. The first-order chi connectivity index (χ1) is 8.15. The number of benzene rings is 1. The highest BCUT2D eigenvalue weighted by molar-refractivity contribution is 9.10. The van der Waals surface area contributed by atoms with Crippen LogP contribution in [0.2, 0.25) is 0 Å². The van der Waals surface area contributed by atoms with E-state index in [1.165, 1.54) is 0 Å². The van der Waals surface area contributed by atoms with Crippen molar-refractivity contribution in [3.05, 3.63) is 39.8 Å². The van der Waals surface area contributed by atoms with E-state index >= 15 is 0 Å². The molecule has 0 aromatic heterocycles. The van der Waals surface area contributed by atoms with E-state index in [-0.39, 0.29) is 0 Å². The van der Waals surface area contributed by atoms with Gasteiger partial charge in [0.15, 0.2) is 0 Å². The van der Waals surface area contributed by atoms with Crippen LogP contribution in [-0.4, -0.2) is 13.2 Å². The van der Waals surface area contributed by atoms with E-state index in [4.69, 9.17) is 16.3 Å². The van der Waals surface area contributed by atoms with Gasteiger partial charge in [0.05, 0.1) is 4.47 Å². The van der Waals surface area contributed by atoms with Gasteiger partial charge in [0.25, 0.3) is 0 Å². The molecule has 0 spiro atoms. The number of rotatable bonds is 7. The molecule has 1 aromatic rings. The lowest BCUT2D eigenvalue weighted by molar-refractivity contribution is 0.352. The molecule has 0 amide bonds. The molecule has 1 aromatic carbocycles. The molecule has 0 bridgehead atoms. The zero-order chi connectivity index (χ0) is 12.7. The molecule has 0 heterocycles. The van der Waals surface area contributed by atoms with E-state index in [0.717, 1.165) is 35.3 Å². The molecular formula is C13H17BrClNO. The summed E-state index contributed by atoms with van der Waals surface area (Å²) in [5.74, 6) is 0.831. The number of para-hydroxylation sites is 1. The number of halogens is 2. The van der Waals surface area contributed by atoms with Crippen LogP contribution in [-0.2, 0) is 6.54 Å². The van der Waals surface area contributed by atoms with Gasteiger partial charge in [0.1, 0.15) is 12.4 Å². The molecule has 94 valence electrons. The Balaban J connectivity index is 2.73. The van der Waals surface area contributed by atoms with E-state index < -0.39 is 0 Å². The van der Waals surface area contributed by atoms with Crippen molar-refractivity contribution in [2.75, 3.05) is 13.2 Å². The zero-order valence-corrected chi connectivity index (χ0v) is 12.3. The molecule has 17 heavy (non-hydrogen) atoms. The molecule has 4 heteroatoms. The Morgan fingerprint density at radius 3 is 2.94 bits per heavy atom. The molecule has 2 nitrogen and oxygen atoms in total. The Morgan fingerprint density at radius 1 is 1.53 bits per heavy atom. The van der Waals surface area contributed by atoms with Crippen LogP contribution in [0.15, 0.2) is 34.3 Å². The van der Waals surface area contributed by atoms with Crippen LogP contribution >= 0.6 is 27.5 Å². The van der Waals surface area contributed by atoms with Crippen molar-refractivity contribution in [1.82, 2.24) is 5.32 Å². The fraction of sp³-hybridized carbons (Fsp3) is 0.385. The van der Waals surface area contributed by atoms with E-state index in [9.17, 15) is 0 Å². The van der Waals surface area contributed by atoms with Gasteiger partial charge in [0.2, 0.25) is 0 Å². The molecule has 0 fully saturated rings. The highest BCUT2D eigenvalue weighted by atomic mass is 79.9. The summed E-state index contributed by atoms with van der Waals surface area (Å²) in [5, 5.41) is 3.84. The number of hydrogen-bond acceptors (Lipinski definition) is 2. The van der Waals surface area contributed by atoms with Gasteiger partial charge in [-0.3, -0.25) is 0 Å². The summed E-state index contributed by atoms with van der Waals surface area (Å²) in [7, 11) is 0. The molecular weight excluding hydrogens is 302 g/mol. The quantitative estimate of drug-likeness (QED) is 0.765. The van der Waals surface area contributed by atoms with Gasteiger partial charge in [-0.1, -0.05) is 37.2 Å². The van der Waals surface area contributed by atoms with Gasteiger partial charge in [-0.05, 0) is 35.0 Å². The molecule has 0 unspecified atom stereocenters. The second-order valence-corrected chi connectivity index (χ2v) is 5.10. The summed E-state index contributed by atoms with van der Waals surface area (Å²) < 4.78 is 6.58. The molecule has 1 rings (SSSR count). The maximum Gasteiger partial charge on any atom is 0.138 e. The third kappa shape index (κ3) is 5.11. The summed E-state index contributed by atoms with van der Waals surface area (Å²) in [6.45, 7) is 7.86. The lowest BCUT2D eigenvalue weighted by Crippen LogP contribution is -2.15. The van der Waals surface area contributed by atoms with Crippen LogP contribution in [0.1, 0.15) is 18.9 Å². The minimum absolute atomic E-state index is 0.324. The normalized spacial score (nSPS) is 10.3. The van der Waals surface area contributed by atoms with Crippen molar-refractivity contribution in [3.8, 4) is 5.75 Å². The number of ether oxygens (including phenoxy) is 1. The van der Waals surface area contributed by atoms with Gasteiger partial charge >= 0.3 is 0 Å². The van der Waals surface area contributed by atoms with Crippen molar-refractivity contribution in [2.45, 2.75) is 19.9 Å². The van der Waals surface area contributed by atoms with Gasteiger partial charge in [-0.2, -0.15) is 0 Å². The average Bonchev–Trinajstić information content (AvgIpc) is 2.28. The Labute approximate surface area is 116 Å². The first-order valence-corrected chi connectivity index (χ1v) is 6.76. The highest BCUT2D eigenvalue weighted by Crippen LogP contribution is 2.29. The van der Waals surface area contributed by atoms with Crippen molar-refractivity contribution >= 4 is 27.5 Å². The smallest absolute Gasteiger partial charge is 0.138 e. The Hall–Kier alpha value is -0.510. The first kappa shape index (κ1) is 14.6. The summed E-state index contributed by atoms with van der Waals surface area (Å²) in [6, 6.07) is 5.99. The highest BCUT2D eigenvalue weighted by Gasteiger charge is 2.07. The van der Waals surface area contributed by atoms with Gasteiger partial charge in [-0.15, -0.1) is 0 Å². The van der Waals surface area contributed by atoms with Crippen molar-refractivity contribution in [2.24, 2.45) is 0 Å². The van der Waals surface area contributed by atoms with Crippen molar-refractivity contribution in [1.29, 1.82) is 0 Å². The Kier molecular flexibility index (Phi) is 6.63. The predicted octanol–water partition coefficient (Wildman–Crippen LogP) is 4.08. The molecule has 0 aliphatic heterocycles. The average molecular weight is 319 g/mol. The monoisotopic (exact) mass is 317 g/mol. The van der Waals surface area contributed by atoms with Crippen LogP contribution in [0.25, 0.3) is 0 Å². The topological polar surface area (TPSA) is 21.3 Å². The largest absolute Gasteiger partial charge is 0.486 e. The van der Waals surface area contributed by atoms with Gasteiger partial charge in [-0.25, -0.2) is 0 Å². The second-order valence-electron chi connectivity index (χ2n) is 3.71. The summed E-state index contributed by atoms with van der Waals surface area (Å²) in [5.41, 5.74) is 1.12. The SMILES string of the molecule is C=C(Cl)COc1c(Br)cccc1CNCCC. The molecule has 0 radical (unpaired) electrons. The fourth-order valence-corrected chi connectivity index (χ4v) is 1.98. The van der Waals surface area contributed by atoms with Crippen LogP contribution in [0.5, 0.6) is 5.75 Å². The lowest BCUT2D eigenvalue weighted by atomic mass is 10.2. The maximum absolute atomic E-state index is 5.71. The van der Waals surface area contributed by atoms with Gasteiger partial charge in [0, 0.05) is 17.1 Å². The van der Waals surface area contributed by atoms with Crippen LogP contribution in [0, 0.1) is 0 Å². The van der Waals surface area contributed by atoms with Crippen LogP contribution in [0.4, 0.5) is 0 Å². The third-order valence-corrected chi connectivity index (χ3v) is 2.90. The molecule has 0 saturated heterocycles. The van der Waals surface area contributed by atoms with Crippen molar-refractivity contribution < 1.29 is 4.74 Å². The first-order valence-electron chi connectivity index (χ1n) is 5.59. The van der Waals surface area contributed by atoms with E-state index in [2.05, 4.69) is 34.7 Å². The molecule has 0 saturated carbocycles. The second kappa shape index (κ2) is 7.75. The summed E-state index contributed by atoms with van der Waals surface area (Å²) in [6.07, 6.45) is 1.11. The minimum Gasteiger partial charge on any atom is -0.486 e. The molecule has 0 atom stereocenters. The lowest BCUT2D eigenvalue weighted by Gasteiger charge is -2.13. The summed E-state index contributed by atoms with van der Waals surface area (Å²) in [4.78, 5) is 0. The van der Waals surface area contributed by atoms with E-state index in [1.54, 1.807) is 0 Å². The fourth-order valence-electron chi connectivity index (χ4n) is 1.40. The molecule has 0 aliphatic carbocycles. The summed E-state index contributed by atoms with van der Waals surface area (Å²) >= 11 is 9.19. The minimum atomic E-state index is 0.324. The molecule has 0 aliphatic rings. The standard InChI is InChI=1S/C13H17BrClNO/c1-3-7-16-8-11-5-4-6-12(14)13(11)17-9-10(2)15/h4-6,16H,2-3,7-9H2,1H3. The number of hydrogen-bond donors (Lipinski definition) is 1. The van der Waals surface area contributed by atoms with E-state index in [1.807, 2.05) is 18.2 Å². The van der Waals surface area contributed by atoms with Crippen LogP contribution < -0.4 is 10.1 Å². The predicted molar refractivity (Wildman–Crippen MR) is 76.6 cm³/mol. The number of nitrogens with one attached hydrogen (secondary N) is 1. The van der Waals surface area contributed by atoms with E-state index in [0.29, 0.717) is 11.6 Å². The Bertz CT molecular complexity index is 382. The van der Waals surface area contributed by atoms with Crippen molar-refractivity contribution in [3.63, 3.8) is 0 Å². The zero-order valence-electron chi connectivity index (χ0n) is 9.93. The van der Waals surface area contributed by atoms with Crippen LogP contribution in [0.3, 0.4) is 0 Å². The Morgan fingerprint density at radius 2 is 2.29 bits per heavy atom. The molecule has 1 N–H and O–H groups in total.